The van der Waals surface area contributed by atoms with Gasteiger partial charge in [-0.2, -0.15) is 0 Å². The lowest BCUT2D eigenvalue weighted by molar-refractivity contribution is -0.125. The zero-order valence-electron chi connectivity index (χ0n) is 13.0. The van der Waals surface area contributed by atoms with Gasteiger partial charge in [-0.1, -0.05) is 18.2 Å². The topological polar surface area (TPSA) is 62.7 Å². The van der Waals surface area contributed by atoms with Crippen LogP contribution in [0, 0.1) is 5.92 Å². The second-order valence-electron chi connectivity index (χ2n) is 6.13. The van der Waals surface area contributed by atoms with E-state index in [1.54, 1.807) is 6.33 Å². The largest absolute Gasteiger partial charge is 0.354 e. The number of fused-ring (bicyclic) bond motifs is 2. The molecule has 0 bridgehead atoms. The van der Waals surface area contributed by atoms with Crippen LogP contribution in [0.4, 0.5) is 0 Å². The SMILES string of the molecule is O=C(NCCn1ccc2ccccc21)C1CCc2nc[nH]c2C1. The molecule has 1 aliphatic rings. The van der Waals surface area contributed by atoms with Crippen LogP contribution in [0.2, 0.25) is 0 Å². The first-order valence-electron chi connectivity index (χ1n) is 8.14. The predicted octanol–water partition coefficient (Wildman–Crippen LogP) is 2.29. The predicted molar refractivity (Wildman–Crippen MR) is 89.1 cm³/mol. The third-order valence-corrected chi connectivity index (χ3v) is 4.69. The van der Waals surface area contributed by atoms with Gasteiger partial charge in [-0.25, -0.2) is 4.98 Å². The van der Waals surface area contributed by atoms with Crippen molar-refractivity contribution >= 4 is 16.8 Å². The van der Waals surface area contributed by atoms with E-state index in [-0.39, 0.29) is 11.8 Å². The summed E-state index contributed by atoms with van der Waals surface area (Å²) in [6, 6.07) is 10.4. The van der Waals surface area contributed by atoms with Crippen LogP contribution in [0.3, 0.4) is 0 Å². The van der Waals surface area contributed by atoms with Gasteiger partial charge in [-0.15, -0.1) is 0 Å². The van der Waals surface area contributed by atoms with Crippen molar-refractivity contribution in [2.24, 2.45) is 5.92 Å². The van der Waals surface area contributed by atoms with E-state index in [1.165, 1.54) is 10.9 Å². The van der Waals surface area contributed by atoms with Crippen LogP contribution in [0.15, 0.2) is 42.9 Å². The van der Waals surface area contributed by atoms with Crippen molar-refractivity contribution in [2.75, 3.05) is 6.54 Å². The number of para-hydroxylation sites is 1. The van der Waals surface area contributed by atoms with Crippen molar-refractivity contribution in [2.45, 2.75) is 25.8 Å². The highest BCUT2D eigenvalue weighted by molar-refractivity contribution is 5.80. The van der Waals surface area contributed by atoms with E-state index < -0.39 is 0 Å². The Bertz CT molecular complexity index is 832. The standard InChI is InChI=1S/C18H20N4O/c23-18(14-5-6-15-16(11-14)21-12-20-15)19-8-10-22-9-7-13-3-1-2-4-17(13)22/h1-4,7,9,12,14H,5-6,8,10-11H2,(H,19,23)(H,20,21). The molecule has 0 fully saturated rings. The minimum Gasteiger partial charge on any atom is -0.354 e. The lowest BCUT2D eigenvalue weighted by atomic mass is 9.89. The average molecular weight is 308 g/mol. The molecule has 1 aliphatic carbocycles. The van der Waals surface area contributed by atoms with Crippen LogP contribution in [-0.4, -0.2) is 27.0 Å². The smallest absolute Gasteiger partial charge is 0.223 e. The van der Waals surface area contributed by atoms with Gasteiger partial charge in [0.1, 0.15) is 0 Å². The molecular formula is C18H20N4O. The van der Waals surface area contributed by atoms with Crippen molar-refractivity contribution in [3.05, 3.63) is 54.2 Å². The minimum absolute atomic E-state index is 0.0596. The van der Waals surface area contributed by atoms with Gasteiger partial charge in [0.2, 0.25) is 5.91 Å². The molecule has 2 N–H and O–H groups in total. The van der Waals surface area contributed by atoms with Gasteiger partial charge in [-0.3, -0.25) is 4.79 Å². The highest BCUT2D eigenvalue weighted by Gasteiger charge is 2.25. The molecular weight excluding hydrogens is 288 g/mol. The van der Waals surface area contributed by atoms with Crippen molar-refractivity contribution in [1.29, 1.82) is 0 Å². The normalized spacial score (nSPS) is 17.1. The first-order chi connectivity index (χ1) is 11.3. The van der Waals surface area contributed by atoms with Crippen molar-refractivity contribution in [3.63, 3.8) is 0 Å². The zero-order chi connectivity index (χ0) is 15.6. The number of hydrogen-bond acceptors (Lipinski definition) is 2. The molecule has 0 spiro atoms. The molecule has 0 saturated carbocycles. The van der Waals surface area contributed by atoms with Gasteiger partial charge < -0.3 is 14.9 Å². The van der Waals surface area contributed by atoms with E-state index in [0.717, 1.165) is 37.2 Å². The number of benzene rings is 1. The van der Waals surface area contributed by atoms with Gasteiger partial charge in [0, 0.05) is 42.8 Å². The van der Waals surface area contributed by atoms with Gasteiger partial charge in [0.15, 0.2) is 0 Å². The Balaban J connectivity index is 1.34. The van der Waals surface area contributed by atoms with Gasteiger partial charge in [-0.05, 0) is 30.4 Å². The van der Waals surface area contributed by atoms with Crippen molar-refractivity contribution < 1.29 is 4.79 Å². The molecule has 0 aliphatic heterocycles. The average Bonchev–Trinajstić information content (AvgIpc) is 3.21. The molecule has 1 atom stereocenters. The molecule has 0 radical (unpaired) electrons. The van der Waals surface area contributed by atoms with E-state index in [2.05, 4.69) is 44.2 Å². The highest BCUT2D eigenvalue weighted by atomic mass is 16.1. The maximum absolute atomic E-state index is 12.4. The Morgan fingerprint density at radius 1 is 1.35 bits per heavy atom. The fourth-order valence-electron chi connectivity index (χ4n) is 3.40. The van der Waals surface area contributed by atoms with E-state index in [0.29, 0.717) is 6.54 Å². The molecule has 2 aromatic heterocycles. The number of carbonyl (C=O) groups excluding carboxylic acids is 1. The van der Waals surface area contributed by atoms with Crippen molar-refractivity contribution in [3.8, 4) is 0 Å². The first kappa shape index (κ1) is 14.1. The summed E-state index contributed by atoms with van der Waals surface area (Å²) in [5.41, 5.74) is 3.45. The Labute approximate surface area is 134 Å². The molecule has 1 amide bonds. The number of H-pyrrole nitrogens is 1. The monoisotopic (exact) mass is 308 g/mol. The van der Waals surface area contributed by atoms with Crippen LogP contribution in [0.25, 0.3) is 10.9 Å². The Morgan fingerprint density at radius 2 is 2.26 bits per heavy atom. The zero-order valence-corrected chi connectivity index (χ0v) is 13.0. The summed E-state index contributed by atoms with van der Waals surface area (Å²) < 4.78 is 2.18. The summed E-state index contributed by atoms with van der Waals surface area (Å²) in [6.45, 7) is 1.45. The quantitative estimate of drug-likeness (QED) is 0.777. The molecule has 2 heterocycles. The van der Waals surface area contributed by atoms with Crippen LogP contribution >= 0.6 is 0 Å². The number of nitrogens with one attached hydrogen (secondary N) is 2. The number of aromatic nitrogens is 3. The molecule has 5 heteroatoms. The van der Waals surface area contributed by atoms with E-state index in [9.17, 15) is 4.79 Å². The summed E-state index contributed by atoms with van der Waals surface area (Å²) in [7, 11) is 0. The summed E-state index contributed by atoms with van der Waals surface area (Å²) >= 11 is 0. The molecule has 3 aromatic rings. The third kappa shape index (κ3) is 2.74. The maximum Gasteiger partial charge on any atom is 0.223 e. The summed E-state index contributed by atoms with van der Waals surface area (Å²) in [5, 5.41) is 4.32. The molecule has 23 heavy (non-hydrogen) atoms. The number of rotatable bonds is 4. The Hall–Kier alpha value is -2.56. The lowest BCUT2D eigenvalue weighted by Crippen LogP contribution is -2.35. The Kier molecular flexibility index (Phi) is 3.61. The number of amides is 1. The van der Waals surface area contributed by atoms with Gasteiger partial charge in [0.05, 0.1) is 12.0 Å². The van der Waals surface area contributed by atoms with E-state index in [1.807, 2.05) is 12.1 Å². The second kappa shape index (κ2) is 5.91. The van der Waals surface area contributed by atoms with Crippen LogP contribution in [0.5, 0.6) is 0 Å². The number of hydrogen-bond donors (Lipinski definition) is 2. The molecule has 5 nitrogen and oxygen atoms in total. The molecule has 4 rings (SSSR count). The highest BCUT2D eigenvalue weighted by Crippen LogP contribution is 2.22. The summed E-state index contributed by atoms with van der Waals surface area (Å²) in [6.07, 6.45) is 6.35. The number of nitrogens with zero attached hydrogens (tertiary/aromatic N) is 2. The molecule has 1 unspecified atom stereocenters. The lowest BCUT2D eigenvalue weighted by Gasteiger charge is -2.20. The second-order valence-corrected chi connectivity index (χ2v) is 6.13. The van der Waals surface area contributed by atoms with E-state index in [4.69, 9.17) is 0 Å². The number of aryl methyl sites for hydroxylation is 1. The van der Waals surface area contributed by atoms with Crippen LogP contribution < -0.4 is 5.32 Å². The van der Waals surface area contributed by atoms with Crippen LogP contribution in [-0.2, 0) is 24.2 Å². The Morgan fingerprint density at radius 3 is 3.22 bits per heavy atom. The summed E-state index contributed by atoms with van der Waals surface area (Å²) in [4.78, 5) is 19.8. The fraction of sp³-hybridized carbons (Fsp3) is 0.333. The minimum atomic E-state index is 0.0596. The molecule has 1 aromatic carbocycles. The van der Waals surface area contributed by atoms with Gasteiger partial charge in [0.25, 0.3) is 0 Å². The summed E-state index contributed by atoms with van der Waals surface area (Å²) in [5.74, 6) is 0.214. The molecule has 118 valence electrons. The number of aromatic amines is 1. The fourth-order valence-corrected chi connectivity index (χ4v) is 3.40. The number of carbonyl (C=O) groups is 1. The number of imidazole rings is 1. The molecule has 0 saturated heterocycles. The maximum atomic E-state index is 12.4. The van der Waals surface area contributed by atoms with Crippen molar-refractivity contribution in [1.82, 2.24) is 19.9 Å². The first-order valence-corrected chi connectivity index (χ1v) is 8.14. The van der Waals surface area contributed by atoms with Gasteiger partial charge >= 0.3 is 0 Å². The third-order valence-electron chi connectivity index (χ3n) is 4.69. The van der Waals surface area contributed by atoms with Crippen LogP contribution in [0.1, 0.15) is 17.8 Å². The van der Waals surface area contributed by atoms with E-state index >= 15 is 0 Å².